The van der Waals surface area contributed by atoms with Gasteiger partial charge in [-0.25, -0.2) is 4.98 Å². The van der Waals surface area contributed by atoms with E-state index in [2.05, 4.69) is 22.1 Å². The molecule has 0 unspecified atom stereocenters. The van der Waals surface area contributed by atoms with Gasteiger partial charge in [0.25, 0.3) is 5.56 Å². The lowest BCUT2D eigenvalue weighted by molar-refractivity contribution is -0.119. The molecule has 1 N–H and O–H groups in total. The van der Waals surface area contributed by atoms with Crippen molar-refractivity contribution in [2.45, 2.75) is 31.0 Å². The van der Waals surface area contributed by atoms with E-state index < -0.39 is 0 Å². The van der Waals surface area contributed by atoms with E-state index in [0.29, 0.717) is 26.8 Å². The smallest absolute Gasteiger partial charge is 0.266 e. The summed E-state index contributed by atoms with van der Waals surface area (Å²) in [5, 5.41) is 4.66. The summed E-state index contributed by atoms with van der Waals surface area (Å²) >= 11 is 7.43. The lowest BCUT2D eigenvalue weighted by Gasteiger charge is -2.31. The fourth-order valence-electron chi connectivity index (χ4n) is 3.85. The van der Waals surface area contributed by atoms with E-state index in [4.69, 9.17) is 11.6 Å². The van der Waals surface area contributed by atoms with E-state index in [1.54, 1.807) is 24.3 Å². The second kappa shape index (κ2) is 9.85. The first kappa shape index (κ1) is 21.9. The molecule has 4 rings (SSSR count). The van der Waals surface area contributed by atoms with E-state index in [0.717, 1.165) is 32.5 Å². The first-order chi connectivity index (χ1) is 15.0. The maximum Gasteiger partial charge on any atom is 0.266 e. The highest BCUT2D eigenvalue weighted by Gasteiger charge is 2.20. The second-order valence-electron chi connectivity index (χ2n) is 7.60. The molecule has 0 spiro atoms. The minimum absolute atomic E-state index is 0.0417. The highest BCUT2D eigenvalue weighted by atomic mass is 35.5. The van der Waals surface area contributed by atoms with Crippen LogP contribution in [0.3, 0.4) is 0 Å². The minimum atomic E-state index is -0.178. The van der Waals surface area contributed by atoms with Crippen molar-refractivity contribution in [3.63, 3.8) is 0 Å². The number of para-hydroxylation sites is 1. The van der Waals surface area contributed by atoms with Crippen LogP contribution in [0.25, 0.3) is 16.6 Å². The molecule has 1 aliphatic heterocycles. The van der Waals surface area contributed by atoms with E-state index in [-0.39, 0.29) is 23.3 Å². The van der Waals surface area contributed by atoms with E-state index in [1.165, 1.54) is 16.3 Å². The maximum absolute atomic E-state index is 13.2. The molecular formula is C23H25ClN4O2S. The Morgan fingerprint density at radius 1 is 1.19 bits per heavy atom. The number of amides is 1. The van der Waals surface area contributed by atoms with Gasteiger partial charge in [0.05, 0.1) is 22.3 Å². The Morgan fingerprint density at radius 2 is 1.97 bits per heavy atom. The number of nitrogens with one attached hydrogen (secondary N) is 1. The Balaban J connectivity index is 1.56. The number of rotatable bonds is 6. The number of carbonyl (C=O) groups excluding carboxylic acids is 1. The van der Waals surface area contributed by atoms with Crippen molar-refractivity contribution in [2.75, 3.05) is 25.4 Å². The normalized spacial score (nSPS) is 15.3. The Hall–Kier alpha value is -2.35. The number of benzene rings is 2. The number of carbonyl (C=O) groups is 1. The standard InChI is InChI=1S/C23H25ClN4O2S/c1-2-27-12-10-17(11-13-27)25-21(29)15-31-23-26-20-9-4-3-8-19(20)22(30)28(23)18-7-5-6-16(24)14-18/h3-9,14,17H,2,10-13,15H2,1H3,(H,25,29). The Bertz CT molecular complexity index is 1140. The lowest BCUT2D eigenvalue weighted by atomic mass is 10.1. The van der Waals surface area contributed by atoms with Gasteiger partial charge in [0.2, 0.25) is 5.91 Å². The summed E-state index contributed by atoms with van der Waals surface area (Å²) in [6.07, 6.45) is 1.93. The number of thioether (sulfide) groups is 1. The molecule has 0 radical (unpaired) electrons. The molecule has 1 aliphatic rings. The van der Waals surface area contributed by atoms with Crippen molar-refractivity contribution in [3.05, 3.63) is 63.9 Å². The summed E-state index contributed by atoms with van der Waals surface area (Å²) in [5.41, 5.74) is 1.06. The molecule has 1 saturated heterocycles. The maximum atomic E-state index is 13.2. The summed E-state index contributed by atoms with van der Waals surface area (Å²) in [6, 6.07) is 14.5. The molecule has 2 aromatic carbocycles. The number of aromatic nitrogens is 2. The molecule has 1 amide bonds. The number of likely N-dealkylation sites (tertiary alicyclic amines) is 1. The average molecular weight is 457 g/mol. The molecular weight excluding hydrogens is 432 g/mol. The van der Waals surface area contributed by atoms with Gasteiger partial charge in [0.1, 0.15) is 0 Å². The van der Waals surface area contributed by atoms with E-state index in [9.17, 15) is 9.59 Å². The lowest BCUT2D eigenvalue weighted by Crippen LogP contribution is -2.45. The molecule has 1 fully saturated rings. The van der Waals surface area contributed by atoms with Crippen LogP contribution in [0, 0.1) is 0 Å². The van der Waals surface area contributed by atoms with E-state index >= 15 is 0 Å². The summed E-state index contributed by atoms with van der Waals surface area (Å²) < 4.78 is 1.53. The Kier molecular flexibility index (Phi) is 6.95. The van der Waals surface area contributed by atoms with Crippen LogP contribution in [-0.2, 0) is 4.79 Å². The summed E-state index contributed by atoms with van der Waals surface area (Å²) in [7, 11) is 0. The molecule has 0 saturated carbocycles. The quantitative estimate of drug-likeness (QED) is 0.452. The highest BCUT2D eigenvalue weighted by molar-refractivity contribution is 7.99. The fourth-order valence-corrected chi connectivity index (χ4v) is 4.85. The molecule has 0 aliphatic carbocycles. The van der Waals surface area contributed by atoms with Gasteiger partial charge in [0.15, 0.2) is 5.16 Å². The number of nitrogens with zero attached hydrogens (tertiary/aromatic N) is 3. The molecule has 31 heavy (non-hydrogen) atoms. The van der Waals surface area contributed by atoms with Crippen LogP contribution >= 0.6 is 23.4 Å². The zero-order valence-electron chi connectivity index (χ0n) is 17.4. The van der Waals surface area contributed by atoms with Gasteiger partial charge in [-0.05, 0) is 49.7 Å². The molecule has 8 heteroatoms. The van der Waals surface area contributed by atoms with Gasteiger partial charge >= 0.3 is 0 Å². The van der Waals surface area contributed by atoms with Gasteiger partial charge < -0.3 is 10.2 Å². The number of hydrogen-bond acceptors (Lipinski definition) is 5. The molecule has 0 atom stereocenters. The summed E-state index contributed by atoms with van der Waals surface area (Å²) in [6.45, 7) is 5.22. The van der Waals surface area contributed by atoms with Crippen LogP contribution in [0.2, 0.25) is 5.02 Å². The molecule has 162 valence electrons. The third-order valence-corrected chi connectivity index (χ3v) is 6.72. The highest BCUT2D eigenvalue weighted by Crippen LogP contribution is 2.23. The summed E-state index contributed by atoms with van der Waals surface area (Å²) in [4.78, 5) is 32.9. The van der Waals surface area contributed by atoms with Crippen LogP contribution in [0.5, 0.6) is 0 Å². The molecule has 1 aromatic heterocycles. The van der Waals surface area contributed by atoms with Crippen molar-refractivity contribution < 1.29 is 4.79 Å². The average Bonchev–Trinajstić information content (AvgIpc) is 2.78. The van der Waals surface area contributed by atoms with Crippen molar-refractivity contribution in [1.29, 1.82) is 0 Å². The minimum Gasteiger partial charge on any atom is -0.353 e. The van der Waals surface area contributed by atoms with Gasteiger partial charge in [-0.3, -0.25) is 14.2 Å². The van der Waals surface area contributed by atoms with Crippen LogP contribution in [0.15, 0.2) is 58.5 Å². The van der Waals surface area contributed by atoms with E-state index in [1.807, 2.05) is 24.3 Å². The third kappa shape index (κ3) is 5.11. The first-order valence-electron chi connectivity index (χ1n) is 10.5. The van der Waals surface area contributed by atoms with Crippen LogP contribution in [0.4, 0.5) is 0 Å². The van der Waals surface area contributed by atoms with Gasteiger partial charge in [-0.15, -0.1) is 0 Å². The Labute approximate surface area is 190 Å². The first-order valence-corrected chi connectivity index (χ1v) is 11.8. The van der Waals surface area contributed by atoms with Crippen LogP contribution < -0.4 is 10.9 Å². The zero-order chi connectivity index (χ0) is 21.8. The predicted octanol–water partition coefficient (Wildman–Crippen LogP) is 3.73. The number of piperidine rings is 1. The topological polar surface area (TPSA) is 67.2 Å². The van der Waals surface area contributed by atoms with Crippen molar-refractivity contribution in [3.8, 4) is 5.69 Å². The van der Waals surface area contributed by atoms with Gasteiger partial charge in [-0.1, -0.05) is 48.5 Å². The largest absolute Gasteiger partial charge is 0.353 e. The second-order valence-corrected chi connectivity index (χ2v) is 8.98. The monoisotopic (exact) mass is 456 g/mol. The number of halogens is 1. The van der Waals surface area contributed by atoms with Crippen molar-refractivity contribution in [2.24, 2.45) is 0 Å². The molecule has 3 aromatic rings. The number of fused-ring (bicyclic) bond motifs is 1. The summed E-state index contributed by atoms with van der Waals surface area (Å²) in [5.74, 6) is 0.152. The zero-order valence-corrected chi connectivity index (χ0v) is 19.0. The SMILES string of the molecule is CCN1CCC(NC(=O)CSc2nc3ccccc3c(=O)n2-c2cccc(Cl)c2)CC1. The van der Waals surface area contributed by atoms with Gasteiger partial charge in [-0.2, -0.15) is 0 Å². The van der Waals surface area contributed by atoms with Gasteiger partial charge in [0, 0.05) is 24.2 Å². The third-order valence-electron chi connectivity index (χ3n) is 5.54. The fraction of sp³-hybridized carbons (Fsp3) is 0.348. The molecule has 6 nitrogen and oxygen atoms in total. The predicted molar refractivity (Wildman–Crippen MR) is 126 cm³/mol. The van der Waals surface area contributed by atoms with Crippen LogP contribution in [-0.4, -0.2) is 51.8 Å². The van der Waals surface area contributed by atoms with Crippen molar-refractivity contribution in [1.82, 2.24) is 19.8 Å². The van der Waals surface area contributed by atoms with Crippen LogP contribution in [0.1, 0.15) is 19.8 Å². The van der Waals surface area contributed by atoms with Crippen molar-refractivity contribution >= 4 is 40.2 Å². The Morgan fingerprint density at radius 3 is 2.71 bits per heavy atom. The molecule has 2 heterocycles. The number of hydrogen-bond donors (Lipinski definition) is 1. The molecule has 0 bridgehead atoms.